The van der Waals surface area contributed by atoms with Gasteiger partial charge in [0.1, 0.15) is 0 Å². The number of ether oxygens (including phenoxy) is 6. The Morgan fingerprint density at radius 3 is 1.04 bits per heavy atom. The zero-order valence-electron chi connectivity index (χ0n) is 26.5. The van der Waals surface area contributed by atoms with E-state index in [1.54, 1.807) is 42.7 Å². The molecule has 0 saturated carbocycles. The molecule has 6 nitrogen and oxygen atoms in total. The maximum Gasteiger partial charge on any atom is 0.203 e. The van der Waals surface area contributed by atoms with Gasteiger partial charge in [0.25, 0.3) is 0 Å². The minimum atomic E-state index is 0.521. The first-order valence-electron chi connectivity index (χ1n) is 14.5. The predicted molar refractivity (Wildman–Crippen MR) is 183 cm³/mol. The Morgan fingerprint density at radius 2 is 0.717 bits per heavy atom. The van der Waals surface area contributed by atoms with E-state index in [0.717, 1.165) is 54.6 Å². The summed E-state index contributed by atoms with van der Waals surface area (Å²) in [6.07, 6.45) is 0. The molecule has 0 unspecified atom stereocenters. The smallest absolute Gasteiger partial charge is 0.203 e. The highest BCUT2D eigenvalue weighted by Crippen LogP contribution is 2.40. The minimum absolute atomic E-state index is 0.521. The molecule has 6 aromatic carbocycles. The molecule has 0 bridgehead atoms. The minimum Gasteiger partial charge on any atom is -0.493 e. The van der Waals surface area contributed by atoms with Gasteiger partial charge >= 0.3 is 0 Å². The van der Waals surface area contributed by atoms with E-state index in [-0.39, 0.29) is 0 Å². The zero-order valence-corrected chi connectivity index (χ0v) is 26.5. The molecule has 0 atom stereocenters. The molecule has 0 saturated heterocycles. The molecular formula is C40H32O6. The number of hydrogen-bond donors (Lipinski definition) is 0. The Morgan fingerprint density at radius 1 is 0.370 bits per heavy atom. The van der Waals surface area contributed by atoms with Gasteiger partial charge in [-0.3, -0.25) is 0 Å². The van der Waals surface area contributed by atoms with Crippen molar-refractivity contribution in [3.63, 3.8) is 0 Å². The molecule has 0 amide bonds. The van der Waals surface area contributed by atoms with E-state index < -0.39 is 0 Å². The molecule has 0 aliphatic carbocycles. The van der Waals surface area contributed by atoms with Crippen molar-refractivity contribution in [2.24, 2.45) is 0 Å². The molecule has 6 heteroatoms. The van der Waals surface area contributed by atoms with Crippen LogP contribution in [0.5, 0.6) is 34.5 Å². The molecule has 0 aliphatic rings. The Bertz CT molecular complexity index is 2040. The van der Waals surface area contributed by atoms with E-state index in [0.29, 0.717) is 34.5 Å². The van der Waals surface area contributed by atoms with Crippen molar-refractivity contribution < 1.29 is 28.4 Å². The van der Waals surface area contributed by atoms with E-state index in [1.165, 1.54) is 0 Å². The standard InChI is InChI=1S/C40H32O6/c1-41-35-19-25(20-36(42-2)39(35)45-5)15-17-31-29-13-9-10-14-30(29)32(34-24-28-12-8-7-11-27(28)23-33(31)34)18-16-26-21-37(43-3)40(46-6)38(22-26)44-4/h7-14,19-24H,1-6H3. The summed E-state index contributed by atoms with van der Waals surface area (Å²) in [4.78, 5) is 0. The topological polar surface area (TPSA) is 55.4 Å². The highest BCUT2D eigenvalue weighted by atomic mass is 16.5. The van der Waals surface area contributed by atoms with Gasteiger partial charge in [0.05, 0.1) is 42.7 Å². The van der Waals surface area contributed by atoms with Crippen LogP contribution in [0.4, 0.5) is 0 Å². The molecule has 0 aromatic heterocycles. The number of rotatable bonds is 6. The van der Waals surface area contributed by atoms with E-state index in [1.807, 2.05) is 48.5 Å². The average molecular weight is 609 g/mol. The van der Waals surface area contributed by atoms with E-state index in [4.69, 9.17) is 28.4 Å². The first-order valence-corrected chi connectivity index (χ1v) is 14.5. The van der Waals surface area contributed by atoms with E-state index in [9.17, 15) is 0 Å². The van der Waals surface area contributed by atoms with Crippen LogP contribution in [0.2, 0.25) is 0 Å². The highest BCUT2D eigenvalue weighted by molar-refractivity contribution is 6.13. The van der Waals surface area contributed by atoms with Crippen LogP contribution in [0.15, 0.2) is 84.9 Å². The van der Waals surface area contributed by atoms with Crippen molar-refractivity contribution in [1.29, 1.82) is 0 Å². The summed E-state index contributed by atoms with van der Waals surface area (Å²) in [6.45, 7) is 0. The number of benzene rings is 6. The molecule has 46 heavy (non-hydrogen) atoms. The van der Waals surface area contributed by atoms with Gasteiger partial charge in [0, 0.05) is 22.3 Å². The predicted octanol–water partition coefficient (Wildman–Crippen LogP) is 8.00. The normalized spacial score (nSPS) is 10.5. The second kappa shape index (κ2) is 12.9. The van der Waals surface area contributed by atoms with Crippen molar-refractivity contribution in [3.8, 4) is 58.2 Å². The van der Waals surface area contributed by atoms with Crippen LogP contribution in [0.1, 0.15) is 22.3 Å². The second-order valence-electron chi connectivity index (χ2n) is 10.4. The summed E-state index contributed by atoms with van der Waals surface area (Å²) in [5, 5.41) is 6.24. The van der Waals surface area contributed by atoms with E-state index >= 15 is 0 Å². The zero-order chi connectivity index (χ0) is 32.2. The van der Waals surface area contributed by atoms with Gasteiger partial charge in [-0.05, 0) is 68.7 Å². The fourth-order valence-corrected chi connectivity index (χ4v) is 5.71. The van der Waals surface area contributed by atoms with Crippen molar-refractivity contribution >= 4 is 32.3 Å². The van der Waals surface area contributed by atoms with Crippen LogP contribution in [-0.2, 0) is 0 Å². The maximum atomic E-state index is 5.57. The molecule has 0 aliphatic heterocycles. The summed E-state index contributed by atoms with van der Waals surface area (Å²) in [7, 11) is 9.55. The lowest BCUT2D eigenvalue weighted by Gasteiger charge is -2.13. The summed E-state index contributed by atoms with van der Waals surface area (Å²) in [6, 6.07) is 28.3. The molecule has 228 valence electrons. The second-order valence-corrected chi connectivity index (χ2v) is 10.4. The summed E-state index contributed by atoms with van der Waals surface area (Å²) in [5.74, 6) is 17.0. The molecule has 6 aromatic rings. The molecule has 0 fully saturated rings. The lowest BCUT2D eigenvalue weighted by Crippen LogP contribution is -1.96. The quantitative estimate of drug-likeness (QED) is 0.141. The van der Waals surface area contributed by atoms with Gasteiger partial charge < -0.3 is 28.4 Å². The monoisotopic (exact) mass is 608 g/mol. The van der Waals surface area contributed by atoms with Crippen LogP contribution in [-0.4, -0.2) is 42.7 Å². The first kappa shape index (κ1) is 30.1. The maximum absolute atomic E-state index is 5.57. The molecule has 0 spiro atoms. The van der Waals surface area contributed by atoms with Crippen LogP contribution in [0.3, 0.4) is 0 Å². The molecular weight excluding hydrogens is 576 g/mol. The number of hydrogen-bond acceptors (Lipinski definition) is 6. The van der Waals surface area contributed by atoms with Gasteiger partial charge in [-0.2, -0.15) is 0 Å². The van der Waals surface area contributed by atoms with Crippen LogP contribution in [0.25, 0.3) is 32.3 Å². The Labute approximate surface area is 268 Å². The average Bonchev–Trinajstić information content (AvgIpc) is 3.11. The van der Waals surface area contributed by atoms with Crippen LogP contribution >= 0.6 is 0 Å². The van der Waals surface area contributed by atoms with Crippen molar-refractivity contribution in [3.05, 3.63) is 107 Å². The first-order chi connectivity index (χ1) is 22.5. The SMILES string of the molecule is COc1cc(C#Cc2c3ccccc3c(C#Cc3cc(OC)c(OC)c(OC)c3)c3cc4ccccc4cc23)cc(OC)c1OC. The Hall–Kier alpha value is -5.98. The van der Waals surface area contributed by atoms with E-state index in [2.05, 4.69) is 60.1 Å². The van der Waals surface area contributed by atoms with Gasteiger partial charge in [0.2, 0.25) is 11.5 Å². The third-order valence-corrected chi connectivity index (χ3v) is 7.88. The third-order valence-electron chi connectivity index (χ3n) is 7.88. The largest absolute Gasteiger partial charge is 0.493 e. The van der Waals surface area contributed by atoms with Gasteiger partial charge in [-0.15, -0.1) is 0 Å². The van der Waals surface area contributed by atoms with Crippen LogP contribution in [0, 0.1) is 23.7 Å². The summed E-state index contributed by atoms with van der Waals surface area (Å²) in [5.41, 5.74) is 3.28. The summed E-state index contributed by atoms with van der Waals surface area (Å²) >= 11 is 0. The number of methoxy groups -OCH3 is 6. The summed E-state index contributed by atoms with van der Waals surface area (Å²) < 4.78 is 33.3. The fraction of sp³-hybridized carbons (Fsp3) is 0.150. The van der Waals surface area contributed by atoms with Gasteiger partial charge in [-0.25, -0.2) is 0 Å². The third kappa shape index (κ3) is 5.42. The molecule has 6 rings (SSSR count). The lowest BCUT2D eigenvalue weighted by atomic mass is 9.90. The molecule has 0 heterocycles. The fourth-order valence-electron chi connectivity index (χ4n) is 5.71. The Balaban J connectivity index is 1.63. The van der Waals surface area contributed by atoms with Crippen molar-refractivity contribution in [1.82, 2.24) is 0 Å². The van der Waals surface area contributed by atoms with Crippen molar-refractivity contribution in [2.45, 2.75) is 0 Å². The van der Waals surface area contributed by atoms with Crippen LogP contribution < -0.4 is 28.4 Å². The van der Waals surface area contributed by atoms with Crippen molar-refractivity contribution in [2.75, 3.05) is 42.7 Å². The van der Waals surface area contributed by atoms with Gasteiger partial charge in [-0.1, -0.05) is 72.2 Å². The molecule has 0 radical (unpaired) electrons. The van der Waals surface area contributed by atoms with Gasteiger partial charge in [0.15, 0.2) is 23.0 Å². The number of fused-ring (bicyclic) bond motifs is 3. The highest BCUT2D eigenvalue weighted by Gasteiger charge is 2.16. The molecule has 0 N–H and O–H groups in total. The Kier molecular flexibility index (Phi) is 8.46. The lowest BCUT2D eigenvalue weighted by molar-refractivity contribution is 0.324.